The molecule has 4 aromatic rings. The lowest BCUT2D eigenvalue weighted by Crippen LogP contribution is -2.36. The second-order valence-corrected chi connectivity index (χ2v) is 9.99. The number of nitrogens with zero attached hydrogens (tertiary/aromatic N) is 3. The summed E-state index contributed by atoms with van der Waals surface area (Å²) in [5.74, 6) is 1.20. The van der Waals surface area contributed by atoms with Crippen molar-refractivity contribution in [1.82, 2.24) is 25.6 Å². The van der Waals surface area contributed by atoms with Crippen molar-refractivity contribution in [3.63, 3.8) is 0 Å². The first-order valence-electron chi connectivity index (χ1n) is 11.5. The van der Waals surface area contributed by atoms with Crippen molar-refractivity contribution in [2.75, 3.05) is 19.6 Å². The zero-order valence-electron chi connectivity index (χ0n) is 18.8. The number of carbonyl (C=O) groups is 1. The number of nitrogens with one attached hydrogen (secondary N) is 2. The van der Waals surface area contributed by atoms with E-state index in [-0.39, 0.29) is 5.91 Å². The topological polar surface area (TPSA) is 79.8 Å². The Kier molecular flexibility index (Phi) is 7.13. The van der Waals surface area contributed by atoms with Gasteiger partial charge in [0, 0.05) is 31.1 Å². The lowest BCUT2D eigenvalue weighted by atomic mass is 9.98. The highest BCUT2D eigenvalue weighted by Gasteiger charge is 2.15. The van der Waals surface area contributed by atoms with Crippen molar-refractivity contribution in [2.45, 2.75) is 25.7 Å². The molecule has 0 unspecified atom stereocenters. The number of halogens is 1. The van der Waals surface area contributed by atoms with Crippen LogP contribution in [0.2, 0.25) is 5.02 Å². The molecule has 2 aromatic heterocycles. The number of carbonyl (C=O) groups excluding carboxylic acids is 1. The molecule has 1 aliphatic rings. The van der Waals surface area contributed by atoms with Gasteiger partial charge in [-0.25, -0.2) is 15.0 Å². The molecule has 2 aromatic carbocycles. The quantitative estimate of drug-likeness (QED) is 0.393. The van der Waals surface area contributed by atoms with Crippen LogP contribution in [0.4, 0.5) is 0 Å². The maximum atomic E-state index is 12.7. The lowest BCUT2D eigenvalue weighted by Gasteiger charge is -2.22. The molecule has 5 rings (SSSR count). The van der Waals surface area contributed by atoms with Crippen LogP contribution in [-0.4, -0.2) is 40.5 Å². The summed E-state index contributed by atoms with van der Waals surface area (Å²) in [6, 6.07) is 13.9. The van der Waals surface area contributed by atoms with Gasteiger partial charge in [0.1, 0.15) is 5.82 Å². The van der Waals surface area contributed by atoms with Crippen molar-refractivity contribution in [1.29, 1.82) is 0 Å². The number of benzene rings is 2. The molecular weight excluding hydrogens is 466 g/mol. The van der Waals surface area contributed by atoms with Gasteiger partial charge in [-0.1, -0.05) is 29.8 Å². The Morgan fingerprint density at radius 1 is 1.09 bits per heavy atom. The van der Waals surface area contributed by atoms with Gasteiger partial charge in [0.05, 0.1) is 26.4 Å². The van der Waals surface area contributed by atoms with Gasteiger partial charge in [0.25, 0.3) is 5.91 Å². The van der Waals surface area contributed by atoms with Gasteiger partial charge < -0.3 is 10.6 Å². The maximum Gasteiger partial charge on any atom is 0.251 e. The van der Waals surface area contributed by atoms with Crippen LogP contribution >= 0.6 is 22.9 Å². The van der Waals surface area contributed by atoms with Gasteiger partial charge in [-0.15, -0.1) is 11.3 Å². The Labute approximate surface area is 207 Å². The lowest BCUT2D eigenvalue weighted by molar-refractivity contribution is 0.0944. The Balaban J connectivity index is 1.26. The van der Waals surface area contributed by atoms with Crippen LogP contribution in [0, 0.1) is 5.92 Å². The molecule has 0 aliphatic carbocycles. The second kappa shape index (κ2) is 10.6. The molecular formula is C26H26ClN5OS. The number of fused-ring (bicyclic) bond motifs is 1. The predicted molar refractivity (Wildman–Crippen MR) is 137 cm³/mol. The smallest absolute Gasteiger partial charge is 0.251 e. The fraction of sp³-hybridized carbons (Fsp3) is 0.308. The summed E-state index contributed by atoms with van der Waals surface area (Å²) in [6.07, 6.45) is 5.04. The van der Waals surface area contributed by atoms with E-state index in [1.54, 1.807) is 17.5 Å². The third-order valence-corrected chi connectivity index (χ3v) is 7.30. The normalized spacial score (nSPS) is 14.4. The number of thiazole rings is 1. The Bertz CT molecular complexity index is 1300. The van der Waals surface area contributed by atoms with E-state index >= 15 is 0 Å². The monoisotopic (exact) mass is 491 g/mol. The molecule has 6 nitrogen and oxygen atoms in total. The number of piperidine rings is 1. The van der Waals surface area contributed by atoms with Gasteiger partial charge in [-0.05, 0) is 67.2 Å². The molecule has 1 saturated heterocycles. The first-order valence-corrected chi connectivity index (χ1v) is 12.8. The summed E-state index contributed by atoms with van der Waals surface area (Å²) in [4.78, 5) is 26.2. The average molecular weight is 492 g/mol. The molecule has 34 heavy (non-hydrogen) atoms. The second-order valence-electron chi connectivity index (χ2n) is 8.69. The van der Waals surface area contributed by atoms with Crippen molar-refractivity contribution in [3.8, 4) is 0 Å². The predicted octanol–water partition coefficient (Wildman–Crippen LogP) is 4.65. The number of hydrogen-bond acceptors (Lipinski definition) is 6. The number of amides is 1. The Hall–Kier alpha value is -2.87. The molecule has 0 radical (unpaired) electrons. The molecule has 1 amide bonds. The summed E-state index contributed by atoms with van der Waals surface area (Å²) in [7, 11) is 0. The fourth-order valence-corrected chi connectivity index (χ4v) is 5.18. The number of aromatic nitrogens is 3. The van der Waals surface area contributed by atoms with Crippen molar-refractivity contribution in [3.05, 3.63) is 87.4 Å². The fourth-order valence-electron chi connectivity index (χ4n) is 4.29. The Morgan fingerprint density at radius 3 is 2.82 bits per heavy atom. The highest BCUT2D eigenvalue weighted by molar-refractivity contribution is 7.16. The highest BCUT2D eigenvalue weighted by atomic mass is 35.5. The SMILES string of the molecule is O=C(NCC1CCNCC1)c1cccc(Cc2ncc(Cl)c(Cc3ccc4ncsc4c3)n2)c1. The molecule has 0 spiro atoms. The van der Waals surface area contributed by atoms with Crippen LogP contribution in [0.15, 0.2) is 54.2 Å². The third-order valence-electron chi connectivity index (χ3n) is 6.20. The average Bonchev–Trinajstić information content (AvgIpc) is 3.33. The molecule has 1 aliphatic heterocycles. The highest BCUT2D eigenvalue weighted by Crippen LogP contribution is 2.23. The number of rotatable bonds is 7. The first-order chi connectivity index (χ1) is 16.6. The molecule has 0 saturated carbocycles. The molecule has 8 heteroatoms. The van der Waals surface area contributed by atoms with Crippen LogP contribution < -0.4 is 10.6 Å². The van der Waals surface area contributed by atoms with Gasteiger partial charge in [0.2, 0.25) is 0 Å². The van der Waals surface area contributed by atoms with E-state index in [0.717, 1.165) is 59.5 Å². The first kappa shape index (κ1) is 22.9. The molecule has 3 heterocycles. The maximum absolute atomic E-state index is 12.7. The summed E-state index contributed by atoms with van der Waals surface area (Å²) in [5, 5.41) is 7.01. The van der Waals surface area contributed by atoms with Gasteiger partial charge in [-0.3, -0.25) is 4.79 Å². The summed E-state index contributed by atoms with van der Waals surface area (Å²) < 4.78 is 1.15. The Morgan fingerprint density at radius 2 is 1.94 bits per heavy atom. The third kappa shape index (κ3) is 5.60. The van der Waals surface area contributed by atoms with E-state index < -0.39 is 0 Å². The standard InChI is InChI=1S/C26H26ClN5OS/c27-21-15-29-25(32-23(21)11-19-4-5-22-24(12-19)34-16-31-22)13-18-2-1-3-20(10-18)26(33)30-14-17-6-8-28-9-7-17/h1-5,10,12,15-17,28H,6-9,11,13-14H2,(H,30,33). The van der Waals surface area contributed by atoms with E-state index in [1.165, 1.54) is 0 Å². The minimum absolute atomic E-state index is 0.0310. The summed E-state index contributed by atoms with van der Waals surface area (Å²) in [5.41, 5.74) is 6.45. The molecule has 0 bridgehead atoms. The van der Waals surface area contributed by atoms with Crippen LogP contribution in [0.5, 0.6) is 0 Å². The largest absolute Gasteiger partial charge is 0.352 e. The minimum atomic E-state index is -0.0310. The molecule has 1 fully saturated rings. The van der Waals surface area contributed by atoms with Crippen LogP contribution in [0.3, 0.4) is 0 Å². The molecule has 0 atom stereocenters. The van der Waals surface area contributed by atoms with Crippen LogP contribution in [-0.2, 0) is 12.8 Å². The summed E-state index contributed by atoms with van der Waals surface area (Å²) >= 11 is 8.04. The van der Waals surface area contributed by atoms with E-state index in [1.807, 2.05) is 35.8 Å². The van der Waals surface area contributed by atoms with Crippen LogP contribution in [0.1, 0.15) is 45.8 Å². The van der Waals surface area contributed by atoms with E-state index in [2.05, 4.69) is 32.7 Å². The minimum Gasteiger partial charge on any atom is -0.352 e. The zero-order valence-corrected chi connectivity index (χ0v) is 20.3. The van der Waals surface area contributed by atoms with E-state index in [0.29, 0.717) is 35.2 Å². The molecule has 174 valence electrons. The van der Waals surface area contributed by atoms with Gasteiger partial charge >= 0.3 is 0 Å². The summed E-state index contributed by atoms with van der Waals surface area (Å²) in [6.45, 7) is 2.78. The van der Waals surface area contributed by atoms with Crippen LogP contribution in [0.25, 0.3) is 10.2 Å². The van der Waals surface area contributed by atoms with E-state index in [4.69, 9.17) is 16.6 Å². The molecule has 2 N–H and O–H groups in total. The van der Waals surface area contributed by atoms with E-state index in [9.17, 15) is 4.79 Å². The van der Waals surface area contributed by atoms with Gasteiger partial charge in [-0.2, -0.15) is 0 Å². The van der Waals surface area contributed by atoms with Gasteiger partial charge in [0.15, 0.2) is 0 Å². The zero-order chi connectivity index (χ0) is 23.3. The van der Waals surface area contributed by atoms with Crippen molar-refractivity contribution in [2.24, 2.45) is 5.92 Å². The van der Waals surface area contributed by atoms with Crippen molar-refractivity contribution >= 4 is 39.1 Å². The van der Waals surface area contributed by atoms with Crippen molar-refractivity contribution < 1.29 is 4.79 Å². The number of hydrogen-bond donors (Lipinski definition) is 2.